The summed E-state index contributed by atoms with van der Waals surface area (Å²) in [5, 5.41) is 0. The molecule has 1 heterocycles. The van der Waals surface area contributed by atoms with Crippen LogP contribution in [-0.2, 0) is 9.53 Å². The third kappa shape index (κ3) is 2.88. The molecule has 3 nitrogen and oxygen atoms in total. The normalized spacial score (nSPS) is 20.4. The van der Waals surface area contributed by atoms with E-state index in [4.69, 9.17) is 4.74 Å². The molecule has 2 aliphatic rings. The van der Waals surface area contributed by atoms with Crippen LogP contribution in [0.1, 0.15) is 0 Å². The highest BCUT2D eigenvalue weighted by Crippen LogP contribution is 2.15. The molecule has 3 heteroatoms. The maximum absolute atomic E-state index is 11.7. The van der Waals surface area contributed by atoms with Crippen molar-refractivity contribution in [2.75, 3.05) is 14.2 Å². The van der Waals surface area contributed by atoms with Gasteiger partial charge in [0, 0.05) is 25.0 Å². The molecule has 1 aliphatic carbocycles. The Hall–Kier alpha value is -2.29. The summed E-state index contributed by atoms with van der Waals surface area (Å²) in [6.45, 7) is 0. The maximum Gasteiger partial charge on any atom is 0.186 e. The van der Waals surface area contributed by atoms with E-state index in [2.05, 4.69) is 0 Å². The highest BCUT2D eigenvalue weighted by Gasteiger charge is 2.09. The van der Waals surface area contributed by atoms with Crippen molar-refractivity contribution >= 4 is 5.78 Å². The van der Waals surface area contributed by atoms with Gasteiger partial charge in [0.15, 0.2) is 5.78 Å². The van der Waals surface area contributed by atoms with Crippen molar-refractivity contribution in [3.63, 3.8) is 0 Å². The molecule has 0 spiro atoms. The number of carbonyl (C=O) groups excluding carboxylic acids is 1. The molecular weight excluding hydrogens is 226 g/mol. The Morgan fingerprint density at radius 3 is 2.50 bits per heavy atom. The summed E-state index contributed by atoms with van der Waals surface area (Å²) in [6, 6.07) is 0. The monoisotopic (exact) mass is 241 g/mol. The van der Waals surface area contributed by atoms with Crippen LogP contribution in [0.15, 0.2) is 71.8 Å². The van der Waals surface area contributed by atoms with Gasteiger partial charge < -0.3 is 9.64 Å². The minimum Gasteiger partial charge on any atom is -0.497 e. The molecule has 0 radical (unpaired) electrons. The van der Waals surface area contributed by atoms with Gasteiger partial charge in [-0.15, -0.1) is 0 Å². The Labute approximate surface area is 107 Å². The van der Waals surface area contributed by atoms with E-state index < -0.39 is 0 Å². The molecule has 0 amide bonds. The average Bonchev–Trinajstić information content (AvgIpc) is 2.40. The molecule has 0 aromatic heterocycles. The van der Waals surface area contributed by atoms with Crippen molar-refractivity contribution in [3.8, 4) is 0 Å². The van der Waals surface area contributed by atoms with Crippen LogP contribution in [0.25, 0.3) is 0 Å². The first-order valence-electron chi connectivity index (χ1n) is 5.67. The second kappa shape index (κ2) is 5.36. The number of rotatable bonds is 2. The summed E-state index contributed by atoms with van der Waals surface area (Å²) >= 11 is 0. The summed E-state index contributed by atoms with van der Waals surface area (Å²) in [5.41, 5.74) is 1.68. The van der Waals surface area contributed by atoms with Gasteiger partial charge in [-0.1, -0.05) is 12.2 Å². The Balaban J connectivity index is 2.19. The fourth-order valence-electron chi connectivity index (χ4n) is 1.59. The van der Waals surface area contributed by atoms with Crippen molar-refractivity contribution < 1.29 is 9.53 Å². The molecule has 0 fully saturated rings. The van der Waals surface area contributed by atoms with E-state index in [-0.39, 0.29) is 5.78 Å². The largest absolute Gasteiger partial charge is 0.497 e. The molecule has 1 aliphatic heterocycles. The van der Waals surface area contributed by atoms with Crippen molar-refractivity contribution in [2.45, 2.75) is 0 Å². The van der Waals surface area contributed by atoms with Crippen LogP contribution in [0.3, 0.4) is 0 Å². The first kappa shape index (κ1) is 12.2. The highest BCUT2D eigenvalue weighted by molar-refractivity contribution is 6.07. The summed E-state index contributed by atoms with van der Waals surface area (Å²) in [7, 11) is 3.55. The Morgan fingerprint density at radius 2 is 1.83 bits per heavy atom. The Kier molecular flexibility index (Phi) is 3.63. The fraction of sp³-hybridized carbons (Fsp3) is 0.133. The SMILES string of the molecule is COC1=CC(=CC=C2C=CN(C)C=C2)C(=O)C=C1. The molecule has 0 saturated carbocycles. The van der Waals surface area contributed by atoms with Crippen LogP contribution >= 0.6 is 0 Å². The number of hydrogen-bond donors (Lipinski definition) is 0. The van der Waals surface area contributed by atoms with E-state index in [1.54, 1.807) is 25.3 Å². The second-order valence-corrected chi connectivity index (χ2v) is 4.03. The van der Waals surface area contributed by atoms with Gasteiger partial charge >= 0.3 is 0 Å². The van der Waals surface area contributed by atoms with Gasteiger partial charge in [0.05, 0.1) is 7.11 Å². The van der Waals surface area contributed by atoms with Crippen LogP contribution in [0.5, 0.6) is 0 Å². The third-order valence-electron chi connectivity index (χ3n) is 2.68. The number of ketones is 1. The van der Waals surface area contributed by atoms with Gasteiger partial charge in [0.1, 0.15) is 5.76 Å². The number of ether oxygens (including phenoxy) is 1. The molecule has 0 atom stereocenters. The van der Waals surface area contributed by atoms with Crippen molar-refractivity contribution in [1.82, 2.24) is 4.90 Å². The standard InChI is InChI=1S/C15H15NO2/c1-16-9-7-12(8-10-16)3-4-13-11-14(18-2)5-6-15(13)17/h3-11H,1-2H3. The predicted octanol–water partition coefficient (Wildman–Crippen LogP) is 2.48. The number of nitrogens with zero attached hydrogens (tertiary/aromatic N) is 1. The highest BCUT2D eigenvalue weighted by atomic mass is 16.5. The van der Waals surface area contributed by atoms with Gasteiger partial charge in [-0.25, -0.2) is 0 Å². The number of allylic oxidation sites excluding steroid dienone is 9. The summed E-state index contributed by atoms with van der Waals surface area (Å²) < 4.78 is 5.10. The van der Waals surface area contributed by atoms with Crippen LogP contribution in [0.4, 0.5) is 0 Å². The minimum atomic E-state index is -0.00598. The van der Waals surface area contributed by atoms with E-state index in [0.717, 1.165) is 5.57 Å². The van der Waals surface area contributed by atoms with Crippen molar-refractivity contribution in [3.05, 3.63) is 71.8 Å². The van der Waals surface area contributed by atoms with Crippen LogP contribution < -0.4 is 0 Å². The molecule has 0 aromatic carbocycles. The van der Waals surface area contributed by atoms with Crippen molar-refractivity contribution in [2.24, 2.45) is 0 Å². The van der Waals surface area contributed by atoms with E-state index >= 15 is 0 Å². The van der Waals surface area contributed by atoms with Crippen molar-refractivity contribution in [1.29, 1.82) is 0 Å². The fourth-order valence-corrected chi connectivity index (χ4v) is 1.59. The first-order chi connectivity index (χ1) is 8.69. The lowest BCUT2D eigenvalue weighted by Gasteiger charge is -2.11. The van der Waals surface area contributed by atoms with E-state index in [1.165, 1.54) is 6.08 Å². The third-order valence-corrected chi connectivity index (χ3v) is 2.68. The quantitative estimate of drug-likeness (QED) is 0.696. The maximum atomic E-state index is 11.7. The molecule has 18 heavy (non-hydrogen) atoms. The Morgan fingerprint density at radius 1 is 1.11 bits per heavy atom. The predicted molar refractivity (Wildman–Crippen MR) is 71.4 cm³/mol. The Bertz CT molecular complexity index is 515. The molecule has 2 rings (SSSR count). The lowest BCUT2D eigenvalue weighted by atomic mass is 10.0. The molecule has 0 saturated heterocycles. The van der Waals surface area contributed by atoms with Gasteiger partial charge in [0.2, 0.25) is 0 Å². The molecule has 0 bridgehead atoms. The zero-order valence-corrected chi connectivity index (χ0v) is 10.5. The van der Waals surface area contributed by atoms with Gasteiger partial charge in [-0.05, 0) is 36.0 Å². The second-order valence-electron chi connectivity index (χ2n) is 4.03. The van der Waals surface area contributed by atoms with E-state index in [1.807, 2.05) is 42.6 Å². The summed E-state index contributed by atoms with van der Waals surface area (Å²) in [6.07, 6.45) is 16.5. The number of methoxy groups -OCH3 is 1. The average molecular weight is 241 g/mol. The topological polar surface area (TPSA) is 29.5 Å². The lowest BCUT2D eigenvalue weighted by Crippen LogP contribution is -2.03. The van der Waals surface area contributed by atoms with Gasteiger partial charge in [-0.3, -0.25) is 4.79 Å². The molecule has 0 aromatic rings. The zero-order chi connectivity index (χ0) is 13.0. The summed E-state index contributed by atoms with van der Waals surface area (Å²) in [5.74, 6) is 0.683. The first-order valence-corrected chi connectivity index (χ1v) is 5.67. The molecular formula is C15H15NO2. The van der Waals surface area contributed by atoms with E-state index in [0.29, 0.717) is 11.3 Å². The van der Waals surface area contributed by atoms with Crippen LogP contribution in [0.2, 0.25) is 0 Å². The lowest BCUT2D eigenvalue weighted by molar-refractivity contribution is -0.111. The summed E-state index contributed by atoms with van der Waals surface area (Å²) in [4.78, 5) is 13.6. The van der Waals surface area contributed by atoms with Crippen LogP contribution in [0, 0.1) is 0 Å². The van der Waals surface area contributed by atoms with Crippen LogP contribution in [-0.4, -0.2) is 24.8 Å². The smallest absolute Gasteiger partial charge is 0.186 e. The molecule has 0 N–H and O–H groups in total. The molecule has 92 valence electrons. The number of hydrogen-bond acceptors (Lipinski definition) is 3. The van der Waals surface area contributed by atoms with Gasteiger partial charge in [0.25, 0.3) is 0 Å². The van der Waals surface area contributed by atoms with Gasteiger partial charge in [-0.2, -0.15) is 0 Å². The van der Waals surface area contributed by atoms with E-state index in [9.17, 15) is 4.79 Å². The number of carbonyl (C=O) groups is 1. The molecule has 0 unspecified atom stereocenters. The zero-order valence-electron chi connectivity index (χ0n) is 10.5. The minimum absolute atomic E-state index is 0.00598.